The summed E-state index contributed by atoms with van der Waals surface area (Å²) in [5, 5.41) is 3.35. The second-order valence-electron chi connectivity index (χ2n) is 6.56. The first-order valence-corrected chi connectivity index (χ1v) is 9.06. The molecule has 7 nitrogen and oxygen atoms in total. The summed E-state index contributed by atoms with van der Waals surface area (Å²) in [5.74, 6) is 1.02. The molecule has 2 aliphatic rings. The Hall–Kier alpha value is -1.34. The van der Waals surface area contributed by atoms with Crippen LogP contribution in [0.15, 0.2) is 4.99 Å². The summed E-state index contributed by atoms with van der Waals surface area (Å²) in [6.07, 6.45) is 1.04. The van der Waals surface area contributed by atoms with Gasteiger partial charge < -0.3 is 19.7 Å². The molecule has 2 atom stereocenters. The smallest absolute Gasteiger partial charge is 0.310 e. The zero-order valence-electron chi connectivity index (χ0n) is 15.3. The van der Waals surface area contributed by atoms with E-state index in [0.29, 0.717) is 6.54 Å². The molecule has 0 aromatic rings. The Balaban J connectivity index is 1.82. The van der Waals surface area contributed by atoms with Gasteiger partial charge in [0.2, 0.25) is 0 Å². The minimum Gasteiger partial charge on any atom is -0.469 e. The molecule has 0 aliphatic carbocycles. The minimum atomic E-state index is -0.117. The Morgan fingerprint density at radius 3 is 2.75 bits per heavy atom. The monoisotopic (exact) mass is 340 g/mol. The molecule has 2 saturated heterocycles. The van der Waals surface area contributed by atoms with Gasteiger partial charge in [-0.05, 0) is 19.3 Å². The number of esters is 1. The first-order valence-electron chi connectivity index (χ1n) is 9.06. The predicted octanol–water partition coefficient (Wildman–Crippen LogP) is 0.415. The lowest BCUT2D eigenvalue weighted by molar-refractivity contribution is -0.145. The molecule has 0 aromatic carbocycles. The molecule has 2 unspecified atom stereocenters. The van der Waals surface area contributed by atoms with Gasteiger partial charge >= 0.3 is 5.97 Å². The van der Waals surface area contributed by atoms with Gasteiger partial charge in [0.1, 0.15) is 0 Å². The van der Waals surface area contributed by atoms with Crippen LogP contribution in [-0.4, -0.2) is 87.9 Å². The first-order chi connectivity index (χ1) is 11.7. The number of hydrogen-bond acceptors (Lipinski definition) is 5. The van der Waals surface area contributed by atoms with Crippen LogP contribution in [0.3, 0.4) is 0 Å². The fraction of sp³-hybridized carbons (Fsp3) is 0.882. The highest BCUT2D eigenvalue weighted by Gasteiger charge is 2.36. The van der Waals surface area contributed by atoms with E-state index < -0.39 is 0 Å². The lowest BCUT2D eigenvalue weighted by atomic mass is 9.99. The van der Waals surface area contributed by atoms with E-state index in [1.54, 1.807) is 0 Å². The Kier molecular flexibility index (Phi) is 7.78. The summed E-state index contributed by atoms with van der Waals surface area (Å²) in [7, 11) is 1.46. The lowest BCUT2D eigenvalue weighted by Gasteiger charge is -2.26. The number of morpholine rings is 1. The topological polar surface area (TPSA) is 66.4 Å². The molecule has 0 radical (unpaired) electrons. The van der Waals surface area contributed by atoms with E-state index >= 15 is 0 Å². The second kappa shape index (κ2) is 9.84. The van der Waals surface area contributed by atoms with E-state index in [1.165, 1.54) is 7.11 Å². The molecule has 0 bridgehead atoms. The van der Waals surface area contributed by atoms with Gasteiger partial charge in [0.25, 0.3) is 0 Å². The molecule has 0 aromatic heterocycles. The Bertz CT molecular complexity index is 424. The molecule has 24 heavy (non-hydrogen) atoms. The summed E-state index contributed by atoms with van der Waals surface area (Å²) in [6.45, 7) is 12.1. The van der Waals surface area contributed by atoms with E-state index in [2.05, 4.69) is 29.0 Å². The van der Waals surface area contributed by atoms with Gasteiger partial charge in [-0.1, -0.05) is 6.92 Å². The minimum absolute atomic E-state index is 0.0628. The maximum Gasteiger partial charge on any atom is 0.310 e. The van der Waals surface area contributed by atoms with Crippen molar-refractivity contribution in [3.63, 3.8) is 0 Å². The summed E-state index contributed by atoms with van der Waals surface area (Å²) < 4.78 is 10.3. The summed E-state index contributed by atoms with van der Waals surface area (Å²) in [4.78, 5) is 21.2. The molecule has 0 saturated carbocycles. The molecule has 2 heterocycles. The van der Waals surface area contributed by atoms with Gasteiger partial charge in [-0.3, -0.25) is 14.7 Å². The van der Waals surface area contributed by atoms with Crippen LogP contribution >= 0.6 is 0 Å². The molecule has 2 aliphatic heterocycles. The number of aliphatic imine (C=N–C) groups is 1. The van der Waals surface area contributed by atoms with Crippen molar-refractivity contribution in [1.82, 2.24) is 15.1 Å². The van der Waals surface area contributed by atoms with Crippen LogP contribution in [0.2, 0.25) is 0 Å². The van der Waals surface area contributed by atoms with Gasteiger partial charge in [0, 0.05) is 45.8 Å². The third kappa shape index (κ3) is 5.34. The first kappa shape index (κ1) is 19.0. The van der Waals surface area contributed by atoms with E-state index in [1.807, 2.05) is 0 Å². The van der Waals surface area contributed by atoms with E-state index in [-0.39, 0.29) is 17.8 Å². The number of rotatable bonds is 6. The van der Waals surface area contributed by atoms with Crippen LogP contribution < -0.4 is 5.32 Å². The van der Waals surface area contributed by atoms with Crippen molar-refractivity contribution in [2.75, 3.05) is 66.1 Å². The van der Waals surface area contributed by atoms with E-state index in [0.717, 1.165) is 64.9 Å². The summed E-state index contributed by atoms with van der Waals surface area (Å²) >= 11 is 0. The van der Waals surface area contributed by atoms with Crippen molar-refractivity contribution in [2.24, 2.45) is 16.8 Å². The number of carbonyl (C=O) groups is 1. The fourth-order valence-corrected chi connectivity index (χ4v) is 3.33. The maximum absolute atomic E-state index is 11.9. The predicted molar refractivity (Wildman–Crippen MR) is 94.1 cm³/mol. The number of ether oxygens (including phenoxy) is 2. The van der Waals surface area contributed by atoms with Crippen LogP contribution in [0.4, 0.5) is 0 Å². The maximum atomic E-state index is 11.9. The second-order valence-corrected chi connectivity index (χ2v) is 6.56. The fourth-order valence-electron chi connectivity index (χ4n) is 3.33. The number of hydrogen-bond donors (Lipinski definition) is 1. The molecule has 2 rings (SSSR count). The van der Waals surface area contributed by atoms with Crippen molar-refractivity contribution in [2.45, 2.75) is 20.3 Å². The number of nitrogens with one attached hydrogen (secondary N) is 1. The standard InChI is InChI=1S/C17H32N4O3/c1-4-18-17(19-6-5-7-20-8-10-24-11-9-20)21-12-14(2)15(13-21)16(22)23-3/h14-15H,4-13H2,1-3H3,(H,18,19). The van der Waals surface area contributed by atoms with Gasteiger partial charge in [-0.25, -0.2) is 0 Å². The average Bonchev–Trinajstić information content (AvgIpc) is 2.99. The van der Waals surface area contributed by atoms with Crippen molar-refractivity contribution in [3.8, 4) is 0 Å². The average molecular weight is 340 g/mol. The molecule has 2 fully saturated rings. The summed E-state index contributed by atoms with van der Waals surface area (Å²) in [6, 6.07) is 0. The number of nitrogens with zero attached hydrogens (tertiary/aromatic N) is 3. The number of likely N-dealkylation sites (tertiary alicyclic amines) is 1. The molecular weight excluding hydrogens is 308 g/mol. The third-order valence-electron chi connectivity index (χ3n) is 4.75. The van der Waals surface area contributed by atoms with Crippen LogP contribution in [0.5, 0.6) is 0 Å². The van der Waals surface area contributed by atoms with Crippen LogP contribution in [0, 0.1) is 11.8 Å². The highest BCUT2D eigenvalue weighted by Crippen LogP contribution is 2.24. The van der Waals surface area contributed by atoms with Gasteiger partial charge in [-0.15, -0.1) is 0 Å². The summed E-state index contributed by atoms with van der Waals surface area (Å²) in [5.41, 5.74) is 0. The van der Waals surface area contributed by atoms with Crippen molar-refractivity contribution in [1.29, 1.82) is 0 Å². The quantitative estimate of drug-likeness (QED) is 0.327. The number of methoxy groups -OCH3 is 1. The zero-order chi connectivity index (χ0) is 17.4. The SMILES string of the molecule is CCNC(=NCCCN1CCOCC1)N1CC(C)C(C(=O)OC)C1. The highest BCUT2D eigenvalue weighted by atomic mass is 16.5. The molecule has 138 valence electrons. The highest BCUT2D eigenvalue weighted by molar-refractivity contribution is 5.82. The molecule has 0 spiro atoms. The number of guanidine groups is 1. The van der Waals surface area contributed by atoms with Gasteiger partial charge in [0.05, 0.1) is 26.2 Å². The van der Waals surface area contributed by atoms with Gasteiger partial charge in [-0.2, -0.15) is 0 Å². The molecular formula is C17H32N4O3. The Labute approximate surface area is 145 Å². The Morgan fingerprint density at radius 1 is 1.33 bits per heavy atom. The van der Waals surface area contributed by atoms with Crippen LogP contribution in [0.25, 0.3) is 0 Å². The van der Waals surface area contributed by atoms with E-state index in [4.69, 9.17) is 14.5 Å². The largest absolute Gasteiger partial charge is 0.469 e. The van der Waals surface area contributed by atoms with Crippen LogP contribution in [-0.2, 0) is 14.3 Å². The van der Waals surface area contributed by atoms with E-state index in [9.17, 15) is 4.79 Å². The van der Waals surface area contributed by atoms with Crippen molar-refractivity contribution >= 4 is 11.9 Å². The zero-order valence-corrected chi connectivity index (χ0v) is 15.3. The van der Waals surface area contributed by atoms with Crippen molar-refractivity contribution < 1.29 is 14.3 Å². The third-order valence-corrected chi connectivity index (χ3v) is 4.75. The molecule has 1 N–H and O–H groups in total. The normalized spacial score (nSPS) is 25.8. The number of carbonyl (C=O) groups excluding carboxylic acids is 1. The lowest BCUT2D eigenvalue weighted by Crippen LogP contribution is -2.41. The molecule has 7 heteroatoms. The van der Waals surface area contributed by atoms with Crippen LogP contribution in [0.1, 0.15) is 20.3 Å². The molecule has 0 amide bonds. The Morgan fingerprint density at radius 2 is 2.08 bits per heavy atom. The van der Waals surface area contributed by atoms with Gasteiger partial charge in [0.15, 0.2) is 5.96 Å². The van der Waals surface area contributed by atoms with Crippen molar-refractivity contribution in [3.05, 3.63) is 0 Å².